The summed E-state index contributed by atoms with van der Waals surface area (Å²) in [6.45, 7) is 3.91. The van der Waals surface area contributed by atoms with Crippen LogP contribution in [0.1, 0.15) is 31.0 Å². The zero-order valence-corrected chi connectivity index (χ0v) is 9.10. The summed E-state index contributed by atoms with van der Waals surface area (Å²) >= 11 is 0. The van der Waals surface area contributed by atoms with Crippen LogP contribution >= 0.6 is 0 Å². The second-order valence-electron chi connectivity index (χ2n) is 4.09. The molecule has 1 aromatic rings. The summed E-state index contributed by atoms with van der Waals surface area (Å²) in [5, 5.41) is 4.11. The Morgan fingerprint density at radius 1 is 1.40 bits per heavy atom. The first-order valence-electron chi connectivity index (χ1n) is 5.24. The van der Waals surface area contributed by atoms with E-state index in [-0.39, 0.29) is 12.1 Å². The minimum absolute atomic E-state index is 0.0973. The van der Waals surface area contributed by atoms with E-state index in [9.17, 15) is 0 Å². The van der Waals surface area contributed by atoms with Gasteiger partial charge in [-0.15, -0.1) is 0 Å². The predicted molar refractivity (Wildman–Crippen MR) is 60.7 cm³/mol. The minimum atomic E-state index is -0.0973. The van der Waals surface area contributed by atoms with Gasteiger partial charge in [0, 0.05) is 6.42 Å². The van der Waals surface area contributed by atoms with Gasteiger partial charge in [0.05, 0.1) is 11.8 Å². The first-order chi connectivity index (χ1) is 7.18. The largest absolute Gasteiger partial charge is 0.393 e. The minimum Gasteiger partial charge on any atom is -0.393 e. The molecular formula is C12H16N2O. The fraction of sp³-hybridized carbons (Fsp3) is 0.417. The molecule has 0 bridgehead atoms. The van der Waals surface area contributed by atoms with E-state index in [1.165, 1.54) is 11.1 Å². The standard InChI is InChI=1S/C12H16N2O/c1-8(2)15-14-11-7-9-5-3-4-6-10(9)12(11)13/h3-6,8,12H,7,13H2,1-2H3/b14-11-. The molecule has 0 spiro atoms. The highest BCUT2D eigenvalue weighted by molar-refractivity contribution is 5.96. The van der Waals surface area contributed by atoms with Crippen molar-refractivity contribution in [3.05, 3.63) is 35.4 Å². The van der Waals surface area contributed by atoms with Gasteiger partial charge in [-0.1, -0.05) is 29.4 Å². The van der Waals surface area contributed by atoms with Crippen LogP contribution in [0, 0.1) is 0 Å². The van der Waals surface area contributed by atoms with E-state index in [0.717, 1.165) is 12.1 Å². The van der Waals surface area contributed by atoms with Crippen LogP contribution in [0.25, 0.3) is 0 Å². The van der Waals surface area contributed by atoms with Gasteiger partial charge in [-0.25, -0.2) is 0 Å². The fourth-order valence-electron chi connectivity index (χ4n) is 1.75. The number of hydrogen-bond acceptors (Lipinski definition) is 3. The lowest BCUT2D eigenvalue weighted by Crippen LogP contribution is -2.17. The van der Waals surface area contributed by atoms with Gasteiger partial charge in [0.1, 0.15) is 6.10 Å². The van der Waals surface area contributed by atoms with E-state index in [1.54, 1.807) is 0 Å². The Morgan fingerprint density at radius 3 is 2.80 bits per heavy atom. The van der Waals surface area contributed by atoms with Crippen molar-refractivity contribution in [1.29, 1.82) is 0 Å². The maximum absolute atomic E-state index is 6.07. The van der Waals surface area contributed by atoms with Crippen molar-refractivity contribution in [2.24, 2.45) is 10.9 Å². The third kappa shape index (κ3) is 2.02. The summed E-state index contributed by atoms with van der Waals surface area (Å²) in [7, 11) is 0. The Bertz CT molecular complexity index is 385. The number of oxime groups is 1. The summed E-state index contributed by atoms with van der Waals surface area (Å²) in [5.74, 6) is 0. The molecule has 0 radical (unpaired) electrons. The third-order valence-electron chi connectivity index (χ3n) is 2.50. The van der Waals surface area contributed by atoms with Crippen LogP contribution in [0.15, 0.2) is 29.4 Å². The molecule has 1 unspecified atom stereocenters. The van der Waals surface area contributed by atoms with Crippen molar-refractivity contribution in [1.82, 2.24) is 0 Å². The van der Waals surface area contributed by atoms with Gasteiger partial charge in [-0.05, 0) is 25.0 Å². The molecule has 3 heteroatoms. The van der Waals surface area contributed by atoms with Gasteiger partial charge < -0.3 is 10.6 Å². The molecule has 15 heavy (non-hydrogen) atoms. The molecule has 0 fully saturated rings. The topological polar surface area (TPSA) is 47.6 Å². The zero-order chi connectivity index (χ0) is 10.8. The molecule has 1 aromatic carbocycles. The van der Waals surface area contributed by atoms with E-state index < -0.39 is 0 Å². The van der Waals surface area contributed by atoms with Gasteiger partial charge in [-0.2, -0.15) is 0 Å². The number of hydrogen-bond donors (Lipinski definition) is 1. The summed E-state index contributed by atoms with van der Waals surface area (Å²) in [5.41, 5.74) is 9.42. The smallest absolute Gasteiger partial charge is 0.122 e. The summed E-state index contributed by atoms with van der Waals surface area (Å²) in [4.78, 5) is 5.24. The molecule has 2 rings (SSSR count). The number of nitrogens with zero attached hydrogens (tertiary/aromatic N) is 1. The highest BCUT2D eigenvalue weighted by Crippen LogP contribution is 2.27. The zero-order valence-electron chi connectivity index (χ0n) is 9.10. The van der Waals surface area contributed by atoms with E-state index >= 15 is 0 Å². The van der Waals surface area contributed by atoms with Gasteiger partial charge in [0.2, 0.25) is 0 Å². The molecule has 1 aliphatic rings. The molecule has 0 saturated carbocycles. The van der Waals surface area contributed by atoms with Crippen LogP contribution < -0.4 is 5.73 Å². The predicted octanol–water partition coefficient (Wildman–Crippen LogP) is 2.02. The third-order valence-corrected chi connectivity index (χ3v) is 2.50. The Morgan fingerprint density at radius 2 is 2.13 bits per heavy atom. The van der Waals surface area contributed by atoms with Gasteiger partial charge in [-0.3, -0.25) is 0 Å². The maximum Gasteiger partial charge on any atom is 0.122 e. The molecule has 0 aromatic heterocycles. The maximum atomic E-state index is 6.07. The highest BCUT2D eigenvalue weighted by Gasteiger charge is 2.25. The van der Waals surface area contributed by atoms with Crippen molar-refractivity contribution in [3.63, 3.8) is 0 Å². The normalized spacial score (nSPS) is 22.1. The van der Waals surface area contributed by atoms with E-state index in [1.807, 2.05) is 26.0 Å². The summed E-state index contributed by atoms with van der Waals surface area (Å²) in [6.07, 6.45) is 0.915. The molecule has 0 amide bonds. The van der Waals surface area contributed by atoms with Crippen molar-refractivity contribution in [3.8, 4) is 0 Å². The number of rotatable bonds is 2. The van der Waals surface area contributed by atoms with E-state index in [2.05, 4.69) is 17.3 Å². The molecule has 1 aliphatic carbocycles. The Hall–Kier alpha value is -1.35. The Labute approximate surface area is 89.9 Å². The number of benzene rings is 1. The molecule has 3 nitrogen and oxygen atoms in total. The first-order valence-corrected chi connectivity index (χ1v) is 5.24. The molecule has 0 saturated heterocycles. The van der Waals surface area contributed by atoms with Crippen molar-refractivity contribution < 1.29 is 4.84 Å². The van der Waals surface area contributed by atoms with Crippen molar-refractivity contribution in [2.45, 2.75) is 32.4 Å². The second-order valence-corrected chi connectivity index (χ2v) is 4.09. The van der Waals surface area contributed by atoms with Crippen LogP contribution in [-0.4, -0.2) is 11.8 Å². The second kappa shape index (κ2) is 4.03. The summed E-state index contributed by atoms with van der Waals surface area (Å²) < 4.78 is 0. The van der Waals surface area contributed by atoms with E-state index in [4.69, 9.17) is 10.6 Å². The fourth-order valence-corrected chi connectivity index (χ4v) is 1.75. The first kappa shape index (κ1) is 10.2. The number of nitrogens with two attached hydrogens (primary N) is 1. The van der Waals surface area contributed by atoms with E-state index in [0.29, 0.717) is 0 Å². The number of fused-ring (bicyclic) bond motifs is 1. The SMILES string of the molecule is CC(C)O/N=C1/Cc2ccccc2C1N. The molecule has 0 aliphatic heterocycles. The average Bonchev–Trinajstić information content (AvgIpc) is 2.54. The van der Waals surface area contributed by atoms with Crippen LogP contribution in [0.4, 0.5) is 0 Å². The van der Waals surface area contributed by atoms with Gasteiger partial charge >= 0.3 is 0 Å². The molecule has 2 N–H and O–H groups in total. The summed E-state index contributed by atoms with van der Waals surface area (Å²) in [6, 6.07) is 8.08. The van der Waals surface area contributed by atoms with Crippen LogP contribution in [0.3, 0.4) is 0 Å². The van der Waals surface area contributed by atoms with Crippen LogP contribution in [-0.2, 0) is 11.3 Å². The van der Waals surface area contributed by atoms with Gasteiger partial charge in [0.15, 0.2) is 0 Å². The lowest BCUT2D eigenvalue weighted by Gasteiger charge is -2.07. The Balaban J connectivity index is 2.20. The molecule has 80 valence electrons. The van der Waals surface area contributed by atoms with Gasteiger partial charge in [0.25, 0.3) is 0 Å². The lowest BCUT2D eigenvalue weighted by atomic mass is 10.1. The van der Waals surface area contributed by atoms with Crippen LogP contribution in [0.2, 0.25) is 0 Å². The van der Waals surface area contributed by atoms with Crippen molar-refractivity contribution >= 4 is 5.71 Å². The monoisotopic (exact) mass is 204 g/mol. The van der Waals surface area contributed by atoms with Crippen LogP contribution in [0.5, 0.6) is 0 Å². The highest BCUT2D eigenvalue weighted by atomic mass is 16.6. The Kier molecular flexibility index (Phi) is 2.73. The molecule has 1 atom stereocenters. The van der Waals surface area contributed by atoms with Crippen molar-refractivity contribution in [2.75, 3.05) is 0 Å². The molecule has 0 heterocycles. The average molecular weight is 204 g/mol. The lowest BCUT2D eigenvalue weighted by molar-refractivity contribution is 0.0849. The molecular weight excluding hydrogens is 188 g/mol. The quantitative estimate of drug-likeness (QED) is 0.749.